The second-order valence-electron chi connectivity index (χ2n) is 7.46. The summed E-state index contributed by atoms with van der Waals surface area (Å²) in [4.78, 5) is 41.1. The normalized spacial score (nSPS) is 13.6. The van der Waals surface area contributed by atoms with E-state index in [4.69, 9.17) is 23.2 Å². The number of carbonyl (C=O) groups is 1. The molecule has 1 aliphatic rings. The minimum Gasteiger partial charge on any atom is -0.337 e. The Hall–Kier alpha value is -2.90. The van der Waals surface area contributed by atoms with Crippen LogP contribution in [0.1, 0.15) is 34.5 Å². The average Bonchev–Trinajstić information content (AvgIpc) is 3.29. The lowest BCUT2D eigenvalue weighted by Crippen LogP contribution is -2.46. The van der Waals surface area contributed by atoms with Crippen molar-refractivity contribution in [2.24, 2.45) is 0 Å². The summed E-state index contributed by atoms with van der Waals surface area (Å²) in [6, 6.07) is 11.9. The summed E-state index contributed by atoms with van der Waals surface area (Å²) in [5.41, 5.74) is 0.0622. The number of hydrogen-bond acceptors (Lipinski definition) is 4. The fourth-order valence-corrected chi connectivity index (χ4v) is 3.91. The Labute approximate surface area is 188 Å². The largest absolute Gasteiger partial charge is 0.352 e. The van der Waals surface area contributed by atoms with Gasteiger partial charge in [0, 0.05) is 23.1 Å². The number of benzene rings is 2. The molecule has 160 valence electrons. The molecule has 0 saturated carbocycles. The number of nitrogens with zero attached hydrogens (tertiary/aromatic N) is 4. The molecule has 7 nitrogen and oxygen atoms in total. The van der Waals surface area contributed by atoms with Crippen molar-refractivity contribution in [1.82, 2.24) is 19.2 Å². The summed E-state index contributed by atoms with van der Waals surface area (Å²) in [5.74, 6) is -0.484. The first-order chi connectivity index (χ1) is 14.9. The van der Waals surface area contributed by atoms with Crippen LogP contribution >= 0.6 is 23.2 Å². The molecule has 1 amide bonds. The molecule has 0 bridgehead atoms. The highest BCUT2D eigenvalue weighted by atomic mass is 35.5. The van der Waals surface area contributed by atoms with Gasteiger partial charge in [-0.1, -0.05) is 47.5 Å². The van der Waals surface area contributed by atoms with Crippen LogP contribution in [0.3, 0.4) is 0 Å². The van der Waals surface area contributed by atoms with Crippen molar-refractivity contribution in [2.45, 2.75) is 26.3 Å². The highest BCUT2D eigenvalue weighted by Crippen LogP contribution is 2.19. The van der Waals surface area contributed by atoms with Crippen LogP contribution in [0, 0.1) is 6.92 Å². The highest BCUT2D eigenvalue weighted by Gasteiger charge is 2.27. The summed E-state index contributed by atoms with van der Waals surface area (Å²) < 4.78 is 2.04. The van der Waals surface area contributed by atoms with E-state index in [0.717, 1.165) is 27.7 Å². The van der Waals surface area contributed by atoms with Gasteiger partial charge in [-0.3, -0.25) is 14.2 Å². The molecule has 0 spiro atoms. The number of amides is 1. The lowest BCUT2D eigenvalue weighted by atomic mass is 10.2. The maximum atomic E-state index is 13.3. The predicted octanol–water partition coefficient (Wildman–Crippen LogP) is 3.29. The van der Waals surface area contributed by atoms with Gasteiger partial charge in [-0.2, -0.15) is 9.78 Å². The molecule has 31 heavy (non-hydrogen) atoms. The molecular formula is C22H20Cl2N4O3. The Morgan fingerprint density at radius 2 is 1.74 bits per heavy atom. The second-order valence-corrected chi connectivity index (χ2v) is 8.27. The zero-order valence-electron chi connectivity index (χ0n) is 16.8. The first-order valence-corrected chi connectivity index (χ1v) is 10.7. The summed E-state index contributed by atoms with van der Waals surface area (Å²) >= 11 is 12.5. The van der Waals surface area contributed by atoms with E-state index in [1.807, 2.05) is 6.92 Å². The number of aromatic nitrogens is 3. The lowest BCUT2D eigenvalue weighted by Gasteiger charge is -2.17. The van der Waals surface area contributed by atoms with Gasteiger partial charge >= 0.3 is 5.69 Å². The van der Waals surface area contributed by atoms with Crippen molar-refractivity contribution in [2.75, 3.05) is 13.1 Å². The van der Waals surface area contributed by atoms with E-state index >= 15 is 0 Å². The topological polar surface area (TPSA) is 77.2 Å². The molecule has 0 radical (unpaired) electrons. The first kappa shape index (κ1) is 21.3. The third-order valence-electron chi connectivity index (χ3n) is 5.34. The molecule has 1 fully saturated rings. The number of rotatable bonds is 4. The van der Waals surface area contributed by atoms with Crippen molar-refractivity contribution < 1.29 is 4.79 Å². The van der Waals surface area contributed by atoms with E-state index in [1.54, 1.807) is 47.4 Å². The van der Waals surface area contributed by atoms with Crippen molar-refractivity contribution in [3.8, 4) is 5.69 Å². The van der Waals surface area contributed by atoms with Crippen molar-refractivity contribution in [3.05, 3.63) is 90.2 Å². The van der Waals surface area contributed by atoms with E-state index in [2.05, 4.69) is 5.10 Å². The van der Waals surface area contributed by atoms with Crippen LogP contribution in [0.5, 0.6) is 0 Å². The standard InChI is InChI=1S/C22H20Cl2N4O3/c1-14-8-9-16(12-18(14)24)28-22(31)27(13-15-6-2-3-7-17(15)23)21(30)19(25-28)20(29)26-10-4-5-11-26/h2-3,6-9,12H,4-5,10-11,13H2,1H3. The van der Waals surface area contributed by atoms with Crippen LogP contribution in [0.15, 0.2) is 52.1 Å². The molecule has 4 rings (SSSR count). The van der Waals surface area contributed by atoms with Gasteiger partial charge in [0.05, 0.1) is 12.2 Å². The van der Waals surface area contributed by atoms with E-state index < -0.39 is 17.2 Å². The number of halogens is 2. The minimum absolute atomic E-state index is 0.0836. The van der Waals surface area contributed by atoms with Crippen molar-refractivity contribution in [3.63, 3.8) is 0 Å². The SMILES string of the molecule is Cc1ccc(-n2nc(C(=O)N3CCCC3)c(=O)n(Cc3ccccc3Cl)c2=O)cc1Cl. The molecule has 1 aliphatic heterocycles. The number of aryl methyl sites for hydroxylation is 1. The predicted molar refractivity (Wildman–Crippen MR) is 120 cm³/mol. The quantitative estimate of drug-likeness (QED) is 0.600. The first-order valence-electron chi connectivity index (χ1n) is 9.90. The lowest BCUT2D eigenvalue weighted by molar-refractivity contribution is 0.0781. The van der Waals surface area contributed by atoms with Crippen LogP contribution in [-0.4, -0.2) is 38.2 Å². The van der Waals surface area contributed by atoms with E-state index in [9.17, 15) is 14.4 Å². The molecule has 9 heteroatoms. The summed E-state index contributed by atoms with van der Waals surface area (Å²) in [5, 5.41) is 5.04. The molecule has 0 atom stereocenters. The van der Waals surface area contributed by atoms with Crippen LogP contribution in [0.4, 0.5) is 0 Å². The minimum atomic E-state index is -0.740. The fraction of sp³-hybridized carbons (Fsp3) is 0.273. The molecule has 2 aromatic carbocycles. The summed E-state index contributed by atoms with van der Waals surface area (Å²) in [6.45, 7) is 2.86. The average molecular weight is 459 g/mol. The Morgan fingerprint density at radius 3 is 2.42 bits per heavy atom. The molecule has 1 saturated heterocycles. The maximum absolute atomic E-state index is 13.3. The summed E-state index contributed by atoms with van der Waals surface area (Å²) in [7, 11) is 0. The van der Waals surface area contributed by atoms with E-state index in [-0.39, 0.29) is 12.2 Å². The van der Waals surface area contributed by atoms with Crippen molar-refractivity contribution >= 4 is 29.1 Å². The number of likely N-dealkylation sites (tertiary alicyclic amines) is 1. The van der Waals surface area contributed by atoms with Crippen molar-refractivity contribution in [1.29, 1.82) is 0 Å². The zero-order valence-corrected chi connectivity index (χ0v) is 18.4. The molecule has 1 aromatic heterocycles. The van der Waals surface area contributed by atoms with Gasteiger partial charge in [0.1, 0.15) is 0 Å². The van der Waals surface area contributed by atoms with Gasteiger partial charge in [0.15, 0.2) is 0 Å². The third kappa shape index (κ3) is 4.16. The van der Waals surface area contributed by atoms with Gasteiger partial charge in [0.25, 0.3) is 11.5 Å². The number of carbonyl (C=O) groups excluding carboxylic acids is 1. The van der Waals surface area contributed by atoms with Gasteiger partial charge in [-0.15, -0.1) is 0 Å². The second kappa shape index (κ2) is 8.69. The van der Waals surface area contributed by atoms with E-state index in [1.165, 1.54) is 0 Å². The Morgan fingerprint density at radius 1 is 1.03 bits per heavy atom. The summed E-state index contributed by atoms with van der Waals surface area (Å²) in [6.07, 6.45) is 1.74. The molecule has 2 heterocycles. The van der Waals surface area contributed by atoms with Crippen LogP contribution in [0.2, 0.25) is 10.0 Å². The Balaban J connectivity index is 1.92. The van der Waals surface area contributed by atoms with Gasteiger partial charge in [0.2, 0.25) is 5.69 Å². The van der Waals surface area contributed by atoms with Gasteiger partial charge in [-0.05, 0) is 49.1 Å². The Bertz CT molecular complexity index is 1280. The van der Waals surface area contributed by atoms with E-state index in [0.29, 0.717) is 34.4 Å². The fourth-order valence-electron chi connectivity index (χ4n) is 3.54. The van der Waals surface area contributed by atoms with Crippen LogP contribution in [-0.2, 0) is 6.54 Å². The van der Waals surface area contributed by atoms with Crippen LogP contribution in [0.25, 0.3) is 5.69 Å². The Kier molecular flexibility index (Phi) is 5.98. The maximum Gasteiger partial charge on any atom is 0.352 e. The van der Waals surface area contributed by atoms with Gasteiger partial charge in [-0.25, -0.2) is 4.79 Å². The molecule has 3 aromatic rings. The zero-order chi connectivity index (χ0) is 22.1. The monoisotopic (exact) mass is 458 g/mol. The molecule has 0 unspecified atom stereocenters. The molecule has 0 N–H and O–H groups in total. The number of hydrogen-bond donors (Lipinski definition) is 0. The third-order valence-corrected chi connectivity index (χ3v) is 6.12. The van der Waals surface area contributed by atoms with Crippen LogP contribution < -0.4 is 11.2 Å². The molecular weight excluding hydrogens is 439 g/mol. The molecule has 0 aliphatic carbocycles. The smallest absolute Gasteiger partial charge is 0.337 e. The van der Waals surface area contributed by atoms with Gasteiger partial charge < -0.3 is 4.90 Å². The highest BCUT2D eigenvalue weighted by molar-refractivity contribution is 6.31.